The van der Waals surface area contributed by atoms with E-state index in [4.69, 9.17) is 0 Å². The van der Waals surface area contributed by atoms with Crippen LogP contribution < -0.4 is 10.6 Å². The van der Waals surface area contributed by atoms with E-state index in [1.165, 1.54) is 18.9 Å². The van der Waals surface area contributed by atoms with Gasteiger partial charge in [0, 0.05) is 36.8 Å². The van der Waals surface area contributed by atoms with E-state index >= 15 is 0 Å². The van der Waals surface area contributed by atoms with Crippen LogP contribution in [0, 0.1) is 16.0 Å². The van der Waals surface area contributed by atoms with Crippen LogP contribution in [-0.2, 0) is 0 Å². The maximum absolute atomic E-state index is 12.8. The van der Waals surface area contributed by atoms with Gasteiger partial charge in [-0.15, -0.1) is 12.4 Å². The normalized spacial score (nSPS) is 20.1. The number of likely N-dealkylation sites (tertiary alicyclic amines) is 1. The van der Waals surface area contributed by atoms with Crippen LogP contribution in [0.1, 0.15) is 48.9 Å². The molecule has 2 N–H and O–H groups in total. The van der Waals surface area contributed by atoms with Crippen molar-refractivity contribution in [2.24, 2.45) is 5.92 Å². The Balaban J connectivity index is 0.00000210. The molecule has 1 aliphatic heterocycles. The molecule has 1 heterocycles. The van der Waals surface area contributed by atoms with Crippen molar-refractivity contribution in [3.63, 3.8) is 0 Å². The molecule has 3 aliphatic rings. The van der Waals surface area contributed by atoms with Crippen LogP contribution in [0.2, 0.25) is 0 Å². The number of nitrogens with one attached hydrogen (secondary N) is 2. The minimum atomic E-state index is -0.407. The molecule has 1 saturated heterocycles. The summed E-state index contributed by atoms with van der Waals surface area (Å²) in [7, 11) is 0. The van der Waals surface area contributed by atoms with Crippen LogP contribution in [-0.4, -0.2) is 47.4 Å². The molecule has 4 rings (SSSR count). The number of hydrogen-bond acceptors (Lipinski definition) is 5. The van der Waals surface area contributed by atoms with Crippen LogP contribution in [0.4, 0.5) is 11.4 Å². The van der Waals surface area contributed by atoms with Gasteiger partial charge >= 0.3 is 0 Å². The number of rotatable bonds is 7. The SMILES string of the molecule is Cl.O=C(c1ccc(NC2CC2)c([N+](=O)[O-])c1)N1CCC(NCC2CC2)CC1. The number of benzene rings is 1. The summed E-state index contributed by atoms with van der Waals surface area (Å²) in [6.45, 7) is 2.51. The summed E-state index contributed by atoms with van der Waals surface area (Å²) in [6, 6.07) is 5.62. The second-order valence-corrected chi connectivity index (χ2v) is 7.83. The van der Waals surface area contributed by atoms with Gasteiger partial charge < -0.3 is 15.5 Å². The second kappa shape index (κ2) is 8.44. The average molecular weight is 395 g/mol. The summed E-state index contributed by atoms with van der Waals surface area (Å²) >= 11 is 0. The van der Waals surface area contributed by atoms with Gasteiger partial charge in [-0.1, -0.05) is 0 Å². The van der Waals surface area contributed by atoms with Gasteiger partial charge in [0.25, 0.3) is 11.6 Å². The van der Waals surface area contributed by atoms with Gasteiger partial charge in [0.1, 0.15) is 5.69 Å². The molecule has 148 valence electrons. The van der Waals surface area contributed by atoms with Gasteiger partial charge in [0.2, 0.25) is 0 Å². The van der Waals surface area contributed by atoms with Gasteiger partial charge in [-0.3, -0.25) is 14.9 Å². The van der Waals surface area contributed by atoms with Crippen LogP contribution in [0.25, 0.3) is 0 Å². The van der Waals surface area contributed by atoms with E-state index < -0.39 is 4.92 Å². The van der Waals surface area contributed by atoms with Crippen molar-refractivity contribution in [1.82, 2.24) is 10.2 Å². The smallest absolute Gasteiger partial charge is 0.293 e. The average Bonchev–Trinajstić information content (AvgIpc) is 3.55. The van der Waals surface area contributed by atoms with E-state index in [0.717, 1.165) is 38.1 Å². The standard InChI is InChI=1S/C19H26N4O3.ClH/c24-19(22-9-7-15(8-10-22)20-12-13-1-2-13)14-3-6-17(21-16-4-5-16)18(11-14)23(25)26;/h3,6,11,13,15-16,20-21H,1-2,4-5,7-10,12H2;1H. The third-order valence-corrected chi connectivity index (χ3v) is 5.55. The summed E-state index contributed by atoms with van der Waals surface area (Å²) in [4.78, 5) is 25.6. The minimum Gasteiger partial charge on any atom is -0.377 e. The first-order valence-electron chi connectivity index (χ1n) is 9.68. The van der Waals surface area contributed by atoms with E-state index in [9.17, 15) is 14.9 Å². The summed E-state index contributed by atoms with van der Waals surface area (Å²) in [5.74, 6) is 0.754. The number of nitrogens with zero attached hydrogens (tertiary/aromatic N) is 2. The van der Waals surface area contributed by atoms with Gasteiger partial charge in [-0.05, 0) is 63.1 Å². The first kappa shape index (κ1) is 19.9. The number of nitro groups is 1. The first-order chi connectivity index (χ1) is 12.6. The molecule has 1 amide bonds. The number of nitro benzene ring substituents is 1. The maximum atomic E-state index is 12.8. The third-order valence-electron chi connectivity index (χ3n) is 5.55. The monoisotopic (exact) mass is 394 g/mol. The fraction of sp³-hybridized carbons (Fsp3) is 0.632. The van der Waals surface area contributed by atoms with Crippen molar-refractivity contribution in [1.29, 1.82) is 0 Å². The molecule has 3 fully saturated rings. The molecular formula is C19H27ClN4O3. The predicted molar refractivity (Wildman–Crippen MR) is 107 cm³/mol. The summed E-state index contributed by atoms with van der Waals surface area (Å²) in [5, 5.41) is 18.2. The minimum absolute atomic E-state index is 0. The number of carbonyl (C=O) groups excluding carboxylic acids is 1. The van der Waals surface area contributed by atoms with Crippen LogP contribution >= 0.6 is 12.4 Å². The largest absolute Gasteiger partial charge is 0.377 e. The molecule has 1 aromatic carbocycles. The van der Waals surface area contributed by atoms with Crippen LogP contribution in [0.3, 0.4) is 0 Å². The van der Waals surface area contributed by atoms with Crippen molar-refractivity contribution < 1.29 is 9.72 Å². The topological polar surface area (TPSA) is 87.5 Å². The van der Waals surface area contributed by atoms with E-state index in [1.807, 2.05) is 4.90 Å². The van der Waals surface area contributed by atoms with Crippen LogP contribution in [0.15, 0.2) is 18.2 Å². The number of amides is 1. The third kappa shape index (κ3) is 5.11. The number of carbonyl (C=O) groups is 1. The van der Waals surface area contributed by atoms with E-state index in [-0.39, 0.29) is 24.0 Å². The molecule has 0 bridgehead atoms. The van der Waals surface area contributed by atoms with E-state index in [1.54, 1.807) is 12.1 Å². The lowest BCUT2D eigenvalue weighted by molar-refractivity contribution is -0.384. The lowest BCUT2D eigenvalue weighted by Crippen LogP contribution is -2.45. The van der Waals surface area contributed by atoms with E-state index in [2.05, 4.69) is 10.6 Å². The Labute approximate surface area is 165 Å². The number of anilines is 1. The zero-order valence-corrected chi connectivity index (χ0v) is 16.2. The Bertz CT molecular complexity index is 698. The van der Waals surface area contributed by atoms with E-state index in [0.29, 0.717) is 36.4 Å². The number of halogens is 1. The van der Waals surface area contributed by atoms with Gasteiger partial charge in [-0.2, -0.15) is 0 Å². The molecule has 0 spiro atoms. The molecule has 0 aromatic heterocycles. The molecule has 8 heteroatoms. The fourth-order valence-electron chi connectivity index (χ4n) is 3.51. The molecule has 2 aliphatic carbocycles. The van der Waals surface area contributed by atoms with Gasteiger partial charge in [0.05, 0.1) is 4.92 Å². The molecule has 0 unspecified atom stereocenters. The van der Waals surface area contributed by atoms with Crippen molar-refractivity contribution in [2.45, 2.75) is 50.6 Å². The Morgan fingerprint density at radius 2 is 1.81 bits per heavy atom. The predicted octanol–water partition coefficient (Wildman–Crippen LogP) is 3.20. The Hall–Kier alpha value is -1.86. The highest BCUT2D eigenvalue weighted by Gasteiger charge is 2.29. The summed E-state index contributed by atoms with van der Waals surface area (Å²) < 4.78 is 0. The Morgan fingerprint density at radius 1 is 1.11 bits per heavy atom. The second-order valence-electron chi connectivity index (χ2n) is 7.83. The molecule has 2 saturated carbocycles. The molecule has 1 aromatic rings. The molecule has 27 heavy (non-hydrogen) atoms. The Morgan fingerprint density at radius 3 is 2.41 bits per heavy atom. The highest BCUT2D eigenvalue weighted by Crippen LogP contribution is 2.32. The zero-order valence-electron chi connectivity index (χ0n) is 15.4. The summed E-state index contributed by atoms with van der Waals surface area (Å²) in [6.07, 6.45) is 6.66. The molecular weight excluding hydrogens is 368 g/mol. The lowest BCUT2D eigenvalue weighted by atomic mass is 10.0. The highest BCUT2D eigenvalue weighted by molar-refractivity contribution is 5.95. The zero-order chi connectivity index (χ0) is 18.1. The maximum Gasteiger partial charge on any atom is 0.293 e. The van der Waals surface area contributed by atoms with Gasteiger partial charge in [-0.25, -0.2) is 0 Å². The quantitative estimate of drug-likeness (QED) is 0.547. The van der Waals surface area contributed by atoms with Crippen molar-refractivity contribution in [3.05, 3.63) is 33.9 Å². The first-order valence-corrected chi connectivity index (χ1v) is 9.68. The fourth-order valence-corrected chi connectivity index (χ4v) is 3.51. The van der Waals surface area contributed by atoms with Gasteiger partial charge in [0.15, 0.2) is 0 Å². The number of piperidine rings is 1. The van der Waals surface area contributed by atoms with Crippen molar-refractivity contribution in [2.75, 3.05) is 25.0 Å². The molecule has 0 atom stereocenters. The van der Waals surface area contributed by atoms with Crippen LogP contribution in [0.5, 0.6) is 0 Å². The number of hydrogen-bond donors (Lipinski definition) is 2. The molecule has 7 nitrogen and oxygen atoms in total. The summed E-state index contributed by atoms with van der Waals surface area (Å²) in [5.41, 5.74) is 0.906. The highest BCUT2D eigenvalue weighted by atomic mass is 35.5. The van der Waals surface area contributed by atoms with Crippen molar-refractivity contribution >= 4 is 29.7 Å². The Kier molecular flexibility index (Phi) is 6.22. The van der Waals surface area contributed by atoms with Crippen molar-refractivity contribution in [3.8, 4) is 0 Å². The molecule has 0 radical (unpaired) electrons. The lowest BCUT2D eigenvalue weighted by Gasteiger charge is -2.32.